The van der Waals surface area contributed by atoms with Crippen molar-refractivity contribution in [1.29, 1.82) is 0 Å². The van der Waals surface area contributed by atoms with E-state index < -0.39 is 12.0 Å². The summed E-state index contributed by atoms with van der Waals surface area (Å²) < 4.78 is 0. The molecule has 0 aliphatic heterocycles. The van der Waals surface area contributed by atoms with Crippen LogP contribution in [0.5, 0.6) is 0 Å². The van der Waals surface area contributed by atoms with E-state index in [1.165, 1.54) is 0 Å². The van der Waals surface area contributed by atoms with E-state index >= 15 is 0 Å². The van der Waals surface area contributed by atoms with E-state index in [-0.39, 0.29) is 22.4 Å². The highest BCUT2D eigenvalue weighted by Gasteiger charge is 2.13. The average Bonchev–Trinajstić information content (AvgIpc) is 2.34. The number of nitrogens with one attached hydrogen (secondary N) is 1. The smallest absolute Gasteiger partial charge is 0.321 e. The lowest BCUT2D eigenvalue weighted by Crippen LogP contribution is -2.33. The van der Waals surface area contributed by atoms with Gasteiger partial charge in [0, 0.05) is 5.75 Å². The largest absolute Gasteiger partial charge is 0.480 e. The molecule has 0 fully saturated rings. The van der Waals surface area contributed by atoms with Crippen molar-refractivity contribution in [2.45, 2.75) is 6.04 Å². The monoisotopic (exact) mass is 322 g/mol. The Morgan fingerprint density at radius 1 is 1.42 bits per heavy atom. The quantitative estimate of drug-likeness (QED) is 0.745. The molecule has 0 unspecified atom stereocenters. The van der Waals surface area contributed by atoms with Crippen molar-refractivity contribution in [3.05, 3.63) is 28.2 Å². The van der Waals surface area contributed by atoms with Crippen molar-refractivity contribution in [3.8, 4) is 0 Å². The van der Waals surface area contributed by atoms with Crippen LogP contribution in [0.1, 0.15) is 0 Å². The molecule has 0 saturated carbocycles. The van der Waals surface area contributed by atoms with Crippen LogP contribution in [-0.4, -0.2) is 34.5 Å². The predicted molar refractivity (Wildman–Crippen MR) is 78.0 cm³/mol. The molecule has 19 heavy (non-hydrogen) atoms. The summed E-state index contributed by atoms with van der Waals surface area (Å²) in [6, 6.07) is 3.92. The number of carbonyl (C=O) groups excluding carboxylic acids is 1. The molecule has 1 rings (SSSR count). The first-order valence-corrected chi connectivity index (χ1v) is 7.13. The van der Waals surface area contributed by atoms with Gasteiger partial charge in [-0.25, -0.2) is 0 Å². The second kappa shape index (κ2) is 7.59. The molecule has 0 aliphatic rings. The highest BCUT2D eigenvalue weighted by atomic mass is 35.5. The number of hydrogen-bond acceptors (Lipinski definition) is 4. The van der Waals surface area contributed by atoms with E-state index in [1.54, 1.807) is 18.2 Å². The molecule has 0 radical (unpaired) electrons. The van der Waals surface area contributed by atoms with E-state index in [1.807, 2.05) is 0 Å². The summed E-state index contributed by atoms with van der Waals surface area (Å²) >= 11 is 12.9. The molecule has 0 bridgehead atoms. The molecule has 1 aromatic carbocycles. The first-order chi connectivity index (χ1) is 8.91. The van der Waals surface area contributed by atoms with Gasteiger partial charge < -0.3 is 16.2 Å². The fourth-order valence-electron chi connectivity index (χ4n) is 1.14. The maximum absolute atomic E-state index is 11.6. The molecule has 1 amide bonds. The Balaban J connectivity index is 2.43. The van der Waals surface area contributed by atoms with Gasteiger partial charge in [-0.1, -0.05) is 29.3 Å². The molecule has 1 aromatic rings. The van der Waals surface area contributed by atoms with E-state index in [0.717, 1.165) is 11.8 Å². The molecule has 5 nitrogen and oxygen atoms in total. The Kier molecular flexibility index (Phi) is 6.44. The number of nitrogens with two attached hydrogens (primary N) is 1. The van der Waals surface area contributed by atoms with Gasteiger partial charge in [0.1, 0.15) is 6.04 Å². The number of amides is 1. The molecule has 0 heterocycles. The first-order valence-electron chi connectivity index (χ1n) is 5.21. The lowest BCUT2D eigenvalue weighted by Gasteiger charge is -2.09. The number of thioether (sulfide) groups is 1. The average molecular weight is 323 g/mol. The number of hydrogen-bond donors (Lipinski definition) is 3. The van der Waals surface area contributed by atoms with Crippen molar-refractivity contribution >= 4 is 52.5 Å². The molecule has 0 saturated heterocycles. The van der Waals surface area contributed by atoms with Gasteiger partial charge in [-0.2, -0.15) is 0 Å². The van der Waals surface area contributed by atoms with Crippen LogP contribution in [0.25, 0.3) is 0 Å². The second-order valence-corrected chi connectivity index (χ2v) is 5.42. The van der Waals surface area contributed by atoms with E-state index in [2.05, 4.69) is 5.32 Å². The van der Waals surface area contributed by atoms with Gasteiger partial charge >= 0.3 is 5.97 Å². The van der Waals surface area contributed by atoms with Gasteiger partial charge in [0.2, 0.25) is 5.91 Å². The SMILES string of the molecule is N[C@@H](CSCC(=O)Nc1cccc(Cl)c1Cl)C(=O)O. The minimum atomic E-state index is -1.09. The van der Waals surface area contributed by atoms with Gasteiger partial charge in [-0.15, -0.1) is 11.8 Å². The van der Waals surface area contributed by atoms with Gasteiger partial charge in [-0.3, -0.25) is 9.59 Å². The zero-order valence-corrected chi connectivity index (χ0v) is 12.1. The fraction of sp³-hybridized carbons (Fsp3) is 0.273. The van der Waals surface area contributed by atoms with Crippen LogP contribution in [0.4, 0.5) is 5.69 Å². The van der Waals surface area contributed by atoms with Crippen LogP contribution in [0.2, 0.25) is 10.0 Å². The summed E-state index contributed by atoms with van der Waals surface area (Å²) in [6.45, 7) is 0. The van der Waals surface area contributed by atoms with E-state index in [9.17, 15) is 9.59 Å². The second-order valence-electron chi connectivity index (χ2n) is 3.61. The van der Waals surface area contributed by atoms with Gasteiger partial charge in [0.05, 0.1) is 21.5 Å². The molecule has 0 aromatic heterocycles. The number of rotatable bonds is 6. The summed E-state index contributed by atoms with van der Waals surface area (Å²) in [5.74, 6) is -1.15. The zero-order valence-electron chi connectivity index (χ0n) is 9.73. The molecule has 1 atom stereocenters. The van der Waals surface area contributed by atoms with Crippen LogP contribution in [0, 0.1) is 0 Å². The normalized spacial score (nSPS) is 11.9. The minimum Gasteiger partial charge on any atom is -0.480 e. The Morgan fingerprint density at radius 3 is 2.74 bits per heavy atom. The third-order valence-corrected chi connectivity index (χ3v) is 3.95. The zero-order chi connectivity index (χ0) is 14.4. The fourth-order valence-corrected chi connectivity index (χ4v) is 2.26. The Bertz CT molecular complexity index is 485. The highest BCUT2D eigenvalue weighted by Crippen LogP contribution is 2.29. The molecule has 4 N–H and O–H groups in total. The number of halogens is 2. The molecule has 0 spiro atoms. The summed E-state index contributed by atoms with van der Waals surface area (Å²) in [7, 11) is 0. The molecular formula is C11H12Cl2N2O3S. The number of carboxylic acids is 1. The molecule has 104 valence electrons. The van der Waals surface area contributed by atoms with Crippen LogP contribution < -0.4 is 11.1 Å². The van der Waals surface area contributed by atoms with Gasteiger partial charge in [0.15, 0.2) is 0 Å². The van der Waals surface area contributed by atoms with Crippen molar-refractivity contribution in [3.63, 3.8) is 0 Å². The highest BCUT2D eigenvalue weighted by molar-refractivity contribution is 8.00. The molecular weight excluding hydrogens is 311 g/mol. The minimum absolute atomic E-state index is 0.0871. The van der Waals surface area contributed by atoms with Crippen molar-refractivity contribution in [1.82, 2.24) is 0 Å². The van der Waals surface area contributed by atoms with Crippen molar-refractivity contribution in [2.75, 3.05) is 16.8 Å². The van der Waals surface area contributed by atoms with Gasteiger partial charge in [-0.05, 0) is 12.1 Å². The summed E-state index contributed by atoms with van der Waals surface area (Å²) in [4.78, 5) is 22.1. The summed E-state index contributed by atoms with van der Waals surface area (Å²) in [5, 5.41) is 11.8. The van der Waals surface area contributed by atoms with Crippen LogP contribution in [0.15, 0.2) is 18.2 Å². The van der Waals surface area contributed by atoms with Crippen LogP contribution in [-0.2, 0) is 9.59 Å². The van der Waals surface area contributed by atoms with Crippen molar-refractivity contribution in [2.24, 2.45) is 5.73 Å². The van der Waals surface area contributed by atoms with E-state index in [4.69, 9.17) is 34.0 Å². The molecule has 8 heteroatoms. The summed E-state index contributed by atoms with van der Waals surface area (Å²) in [5.41, 5.74) is 5.73. The number of anilines is 1. The van der Waals surface area contributed by atoms with Crippen molar-refractivity contribution < 1.29 is 14.7 Å². The third kappa shape index (κ3) is 5.28. The number of benzene rings is 1. The topological polar surface area (TPSA) is 92.4 Å². The Labute approximate surface area is 124 Å². The number of carboxylic acid groups (broad SMARTS) is 1. The first kappa shape index (κ1) is 16.1. The Hall–Kier alpha value is -0.950. The van der Waals surface area contributed by atoms with Gasteiger partial charge in [0.25, 0.3) is 0 Å². The number of carbonyl (C=O) groups is 2. The van der Waals surface area contributed by atoms with Crippen LogP contribution in [0.3, 0.4) is 0 Å². The predicted octanol–water partition coefficient (Wildman–Crippen LogP) is 2.08. The van der Waals surface area contributed by atoms with Crippen LogP contribution >= 0.6 is 35.0 Å². The molecule has 0 aliphatic carbocycles. The lowest BCUT2D eigenvalue weighted by molar-refractivity contribution is -0.137. The maximum atomic E-state index is 11.6. The maximum Gasteiger partial charge on any atom is 0.321 e. The lowest BCUT2D eigenvalue weighted by atomic mass is 10.3. The Morgan fingerprint density at radius 2 is 2.11 bits per heavy atom. The third-order valence-electron chi connectivity index (χ3n) is 2.07. The summed E-state index contributed by atoms with van der Waals surface area (Å²) in [6.07, 6.45) is 0. The standard InChI is InChI=1S/C11H12Cl2N2O3S/c12-6-2-1-3-8(10(6)13)15-9(16)5-19-4-7(14)11(17)18/h1-3,7H,4-5,14H2,(H,15,16)(H,17,18)/t7-/m0/s1. The van der Waals surface area contributed by atoms with E-state index in [0.29, 0.717) is 10.7 Å². The number of aliphatic carboxylic acids is 1.